The molecule has 0 spiro atoms. The van der Waals surface area contributed by atoms with E-state index in [4.69, 9.17) is 4.74 Å². The van der Waals surface area contributed by atoms with Gasteiger partial charge >= 0.3 is 5.97 Å². The third-order valence-corrected chi connectivity index (χ3v) is 5.03. The molecule has 128 valence electrons. The van der Waals surface area contributed by atoms with E-state index < -0.39 is 21.8 Å². The average molecular weight is 351 g/mol. The summed E-state index contributed by atoms with van der Waals surface area (Å²) in [6, 6.07) is 8.12. The fraction of sp³-hybridized carbons (Fsp3) is 0.235. The second-order valence-electron chi connectivity index (χ2n) is 5.21. The second kappa shape index (κ2) is 7.00. The van der Waals surface area contributed by atoms with Gasteiger partial charge in [0.1, 0.15) is 5.82 Å². The highest BCUT2D eigenvalue weighted by Gasteiger charge is 2.20. The average Bonchev–Trinajstić information content (AvgIpc) is 2.49. The zero-order chi connectivity index (χ0) is 17.9. The fourth-order valence-electron chi connectivity index (χ4n) is 2.29. The largest absolute Gasteiger partial charge is 0.462 e. The Kier molecular flexibility index (Phi) is 5.23. The van der Waals surface area contributed by atoms with Crippen molar-refractivity contribution in [2.24, 2.45) is 0 Å². The Morgan fingerprint density at radius 3 is 2.54 bits per heavy atom. The number of ether oxygens (including phenoxy) is 1. The first kappa shape index (κ1) is 17.9. The van der Waals surface area contributed by atoms with Crippen LogP contribution < -0.4 is 4.72 Å². The smallest absolute Gasteiger partial charge is 0.338 e. The minimum Gasteiger partial charge on any atom is -0.462 e. The molecule has 0 atom stereocenters. The number of halogens is 1. The van der Waals surface area contributed by atoms with Gasteiger partial charge in [-0.1, -0.05) is 6.07 Å². The number of anilines is 1. The summed E-state index contributed by atoms with van der Waals surface area (Å²) in [6.07, 6.45) is 0. The molecule has 0 amide bonds. The highest BCUT2D eigenvalue weighted by atomic mass is 32.2. The molecule has 2 rings (SSSR count). The summed E-state index contributed by atoms with van der Waals surface area (Å²) >= 11 is 0. The van der Waals surface area contributed by atoms with Crippen LogP contribution in [0, 0.1) is 19.7 Å². The van der Waals surface area contributed by atoms with Crippen LogP contribution in [0.1, 0.15) is 28.4 Å². The quantitative estimate of drug-likeness (QED) is 0.838. The molecule has 24 heavy (non-hydrogen) atoms. The summed E-state index contributed by atoms with van der Waals surface area (Å²) in [4.78, 5) is 11.9. The van der Waals surface area contributed by atoms with E-state index in [1.165, 1.54) is 13.0 Å². The molecule has 7 heteroatoms. The number of benzene rings is 2. The van der Waals surface area contributed by atoms with Crippen LogP contribution in [0.2, 0.25) is 0 Å². The maximum absolute atomic E-state index is 13.2. The van der Waals surface area contributed by atoms with Crippen LogP contribution in [-0.2, 0) is 14.8 Å². The predicted octanol–water partition coefficient (Wildman–Crippen LogP) is 3.42. The number of hydrogen-bond donors (Lipinski definition) is 1. The maximum Gasteiger partial charge on any atom is 0.338 e. The topological polar surface area (TPSA) is 72.5 Å². The van der Waals surface area contributed by atoms with E-state index in [0.29, 0.717) is 11.1 Å². The highest BCUT2D eigenvalue weighted by molar-refractivity contribution is 7.92. The number of carbonyl (C=O) groups is 1. The highest BCUT2D eigenvalue weighted by Crippen LogP contribution is 2.24. The van der Waals surface area contributed by atoms with Crippen molar-refractivity contribution in [1.29, 1.82) is 0 Å². The number of esters is 1. The monoisotopic (exact) mass is 351 g/mol. The molecule has 0 saturated carbocycles. The van der Waals surface area contributed by atoms with Crippen LogP contribution in [0.3, 0.4) is 0 Å². The van der Waals surface area contributed by atoms with Crippen molar-refractivity contribution < 1.29 is 22.3 Å². The summed E-state index contributed by atoms with van der Waals surface area (Å²) in [5.74, 6) is -1.03. The van der Waals surface area contributed by atoms with Gasteiger partial charge < -0.3 is 4.74 Å². The molecule has 0 aliphatic rings. The summed E-state index contributed by atoms with van der Waals surface area (Å²) in [5, 5.41) is 0. The van der Waals surface area contributed by atoms with Crippen LogP contribution in [0.4, 0.5) is 10.1 Å². The molecule has 1 N–H and O–H groups in total. The minimum absolute atomic E-state index is 0.0233. The van der Waals surface area contributed by atoms with Crippen LogP contribution in [-0.4, -0.2) is 21.0 Å². The molecule has 0 heterocycles. The lowest BCUT2D eigenvalue weighted by molar-refractivity contribution is 0.0525. The van der Waals surface area contributed by atoms with Crippen LogP contribution in [0.15, 0.2) is 41.3 Å². The summed E-state index contributed by atoms with van der Waals surface area (Å²) in [6.45, 7) is 5.06. The van der Waals surface area contributed by atoms with Crippen LogP contribution in [0.5, 0.6) is 0 Å². The second-order valence-corrected chi connectivity index (χ2v) is 6.86. The van der Waals surface area contributed by atoms with Crippen molar-refractivity contribution in [1.82, 2.24) is 0 Å². The number of hydrogen-bond acceptors (Lipinski definition) is 4. The third-order valence-electron chi connectivity index (χ3n) is 3.50. The van der Waals surface area contributed by atoms with Gasteiger partial charge in [0.25, 0.3) is 10.0 Å². The van der Waals surface area contributed by atoms with Gasteiger partial charge in [-0.2, -0.15) is 0 Å². The molecule has 0 saturated heterocycles. The van der Waals surface area contributed by atoms with E-state index in [0.717, 1.165) is 12.1 Å². The van der Waals surface area contributed by atoms with Gasteiger partial charge in [-0.15, -0.1) is 0 Å². The Bertz CT molecular complexity index is 878. The SMILES string of the molecule is CCOC(=O)c1cccc(NS(=O)(=O)c2ccc(F)cc2C)c1C. The van der Waals surface area contributed by atoms with Gasteiger partial charge in [0, 0.05) is 0 Å². The summed E-state index contributed by atoms with van der Waals surface area (Å²) in [5.41, 5.74) is 1.30. The number of aryl methyl sites for hydroxylation is 1. The summed E-state index contributed by atoms with van der Waals surface area (Å²) in [7, 11) is -3.91. The van der Waals surface area contributed by atoms with E-state index in [-0.39, 0.29) is 22.8 Å². The van der Waals surface area contributed by atoms with E-state index in [9.17, 15) is 17.6 Å². The summed E-state index contributed by atoms with van der Waals surface area (Å²) < 4.78 is 45.7. The molecular weight excluding hydrogens is 333 g/mol. The Balaban J connectivity index is 2.40. The Labute approximate surface area is 140 Å². The van der Waals surface area contributed by atoms with Gasteiger partial charge in [-0.3, -0.25) is 4.72 Å². The lowest BCUT2D eigenvalue weighted by Crippen LogP contribution is -2.16. The number of sulfonamides is 1. The number of nitrogens with one attached hydrogen (secondary N) is 1. The fourth-order valence-corrected chi connectivity index (χ4v) is 3.64. The lowest BCUT2D eigenvalue weighted by Gasteiger charge is -2.14. The van der Waals surface area contributed by atoms with Gasteiger partial charge in [0.05, 0.1) is 22.8 Å². The number of rotatable bonds is 5. The van der Waals surface area contributed by atoms with E-state index in [1.807, 2.05) is 0 Å². The predicted molar refractivity (Wildman–Crippen MR) is 89.1 cm³/mol. The Morgan fingerprint density at radius 1 is 1.21 bits per heavy atom. The van der Waals surface area contributed by atoms with Crippen molar-refractivity contribution in [3.8, 4) is 0 Å². The van der Waals surface area contributed by atoms with Gasteiger partial charge in [-0.05, 0) is 62.2 Å². The van der Waals surface area contributed by atoms with Crippen molar-refractivity contribution >= 4 is 21.7 Å². The molecule has 2 aromatic rings. The first-order valence-corrected chi connectivity index (χ1v) is 8.80. The molecule has 0 bridgehead atoms. The van der Waals surface area contributed by atoms with Gasteiger partial charge in [0.2, 0.25) is 0 Å². The first-order valence-electron chi connectivity index (χ1n) is 7.32. The maximum atomic E-state index is 13.2. The number of carbonyl (C=O) groups excluding carboxylic acids is 1. The first-order chi connectivity index (χ1) is 11.3. The zero-order valence-corrected chi connectivity index (χ0v) is 14.4. The van der Waals surface area contributed by atoms with Crippen LogP contribution in [0.25, 0.3) is 0 Å². The van der Waals surface area contributed by atoms with E-state index in [1.54, 1.807) is 32.0 Å². The van der Waals surface area contributed by atoms with E-state index >= 15 is 0 Å². The van der Waals surface area contributed by atoms with Crippen LogP contribution >= 0.6 is 0 Å². The normalized spacial score (nSPS) is 11.2. The molecule has 5 nitrogen and oxygen atoms in total. The molecule has 0 unspecified atom stereocenters. The van der Waals surface area contributed by atoms with Crippen molar-refractivity contribution in [3.63, 3.8) is 0 Å². The molecule has 0 radical (unpaired) electrons. The Morgan fingerprint density at radius 2 is 1.92 bits per heavy atom. The van der Waals surface area contributed by atoms with E-state index in [2.05, 4.69) is 4.72 Å². The van der Waals surface area contributed by atoms with Crippen molar-refractivity contribution in [3.05, 3.63) is 58.9 Å². The molecule has 0 fully saturated rings. The molecule has 0 aromatic heterocycles. The third kappa shape index (κ3) is 3.73. The molecule has 0 aliphatic heterocycles. The Hall–Kier alpha value is -2.41. The van der Waals surface area contributed by atoms with Crippen molar-refractivity contribution in [2.45, 2.75) is 25.7 Å². The lowest BCUT2D eigenvalue weighted by atomic mass is 10.1. The van der Waals surface area contributed by atoms with Gasteiger partial charge in [0.15, 0.2) is 0 Å². The molecule has 2 aromatic carbocycles. The van der Waals surface area contributed by atoms with Crippen molar-refractivity contribution in [2.75, 3.05) is 11.3 Å². The standard InChI is InChI=1S/C17H18FNO4S/c1-4-23-17(20)14-6-5-7-15(12(14)3)19-24(21,22)16-9-8-13(18)10-11(16)2/h5-10,19H,4H2,1-3H3. The zero-order valence-electron chi connectivity index (χ0n) is 13.6. The molecule has 0 aliphatic carbocycles. The van der Waals surface area contributed by atoms with Gasteiger partial charge in [-0.25, -0.2) is 17.6 Å². The molecular formula is C17H18FNO4S. The minimum atomic E-state index is -3.91.